The van der Waals surface area contributed by atoms with Gasteiger partial charge in [-0.3, -0.25) is 4.79 Å². The molecule has 1 rings (SSSR count). The molecule has 0 aliphatic carbocycles. The second kappa shape index (κ2) is 6.54. The average Bonchev–Trinajstić information content (AvgIpc) is 2.23. The van der Waals surface area contributed by atoms with Crippen molar-refractivity contribution in [3.8, 4) is 0 Å². The van der Waals surface area contributed by atoms with E-state index in [0.29, 0.717) is 17.9 Å². The average molecular weight is 254 g/mol. The minimum Gasteiger partial charge on any atom is -0.467 e. The first kappa shape index (κ1) is 14.7. The molecule has 1 heterocycles. The number of carbonyl (C=O) groups excluding carboxylic acids is 2. The van der Waals surface area contributed by atoms with Gasteiger partial charge in [0.25, 0.3) is 0 Å². The number of methoxy groups -OCH3 is 1. The van der Waals surface area contributed by atoms with E-state index in [4.69, 9.17) is 4.74 Å². The first-order valence-electron chi connectivity index (χ1n) is 6.23. The predicted molar refractivity (Wildman–Crippen MR) is 69.0 cm³/mol. The van der Waals surface area contributed by atoms with Crippen LogP contribution in [-0.2, 0) is 14.3 Å². The van der Waals surface area contributed by atoms with E-state index in [-0.39, 0.29) is 11.9 Å². The Bertz CT molecular complexity index is 355. The van der Waals surface area contributed by atoms with Gasteiger partial charge >= 0.3 is 5.97 Å². The molecule has 1 amide bonds. The van der Waals surface area contributed by atoms with Gasteiger partial charge in [-0.05, 0) is 24.8 Å². The first-order valence-corrected chi connectivity index (χ1v) is 6.23. The van der Waals surface area contributed by atoms with Crippen molar-refractivity contribution in [2.75, 3.05) is 20.2 Å². The lowest BCUT2D eigenvalue weighted by Gasteiger charge is -2.23. The van der Waals surface area contributed by atoms with Gasteiger partial charge in [0.2, 0.25) is 5.91 Å². The monoisotopic (exact) mass is 254 g/mol. The topological polar surface area (TPSA) is 67.4 Å². The summed E-state index contributed by atoms with van der Waals surface area (Å²) in [5.74, 6) is -0.253. The van der Waals surface area contributed by atoms with Crippen LogP contribution < -0.4 is 10.6 Å². The Kier molecular flexibility index (Phi) is 5.34. The molecule has 1 aliphatic heterocycles. The summed E-state index contributed by atoms with van der Waals surface area (Å²) in [5, 5.41) is 5.84. The van der Waals surface area contributed by atoms with E-state index in [1.54, 1.807) is 6.92 Å². The van der Waals surface area contributed by atoms with Crippen molar-refractivity contribution in [1.82, 2.24) is 10.6 Å². The lowest BCUT2D eigenvalue weighted by atomic mass is 10.0. The van der Waals surface area contributed by atoms with E-state index < -0.39 is 6.04 Å². The molecule has 0 spiro atoms. The van der Waals surface area contributed by atoms with Crippen LogP contribution >= 0.6 is 0 Å². The number of hydrogen-bond donors (Lipinski definition) is 2. The minimum atomic E-state index is -0.564. The van der Waals surface area contributed by atoms with Crippen molar-refractivity contribution in [2.24, 2.45) is 5.92 Å². The Balaban J connectivity index is 2.65. The second-order valence-corrected chi connectivity index (χ2v) is 5.01. The van der Waals surface area contributed by atoms with Gasteiger partial charge in [-0.25, -0.2) is 4.79 Å². The van der Waals surface area contributed by atoms with E-state index >= 15 is 0 Å². The standard InChI is InChI=1S/C13H22N2O3/c1-8(2)5-11(13(17)18-4)15-12(16)9(3)10-6-14-7-10/h8,11,14H,5-7H2,1-4H3,(H,15,16)/t11-/m0/s1. The maximum absolute atomic E-state index is 12.0. The van der Waals surface area contributed by atoms with E-state index in [1.807, 2.05) is 13.8 Å². The van der Waals surface area contributed by atoms with Crippen LogP contribution in [-0.4, -0.2) is 38.1 Å². The number of nitrogens with one attached hydrogen (secondary N) is 2. The maximum atomic E-state index is 12.0. The molecule has 1 aliphatic rings. The van der Waals surface area contributed by atoms with Crippen LogP contribution in [0.5, 0.6) is 0 Å². The lowest BCUT2D eigenvalue weighted by molar-refractivity contribution is -0.145. The molecule has 0 aromatic carbocycles. The van der Waals surface area contributed by atoms with Crippen LogP contribution in [0.25, 0.3) is 0 Å². The van der Waals surface area contributed by atoms with Gasteiger partial charge in [0, 0.05) is 18.7 Å². The molecule has 0 unspecified atom stereocenters. The third kappa shape index (κ3) is 3.84. The van der Waals surface area contributed by atoms with Crippen LogP contribution in [0.2, 0.25) is 0 Å². The van der Waals surface area contributed by atoms with Gasteiger partial charge in [0.15, 0.2) is 0 Å². The van der Waals surface area contributed by atoms with Crippen molar-refractivity contribution < 1.29 is 14.3 Å². The van der Waals surface area contributed by atoms with Gasteiger partial charge < -0.3 is 15.4 Å². The van der Waals surface area contributed by atoms with Crippen LogP contribution in [0.4, 0.5) is 0 Å². The Hall–Kier alpha value is -1.36. The summed E-state index contributed by atoms with van der Waals surface area (Å²) in [6.45, 7) is 7.31. The van der Waals surface area contributed by atoms with E-state index in [9.17, 15) is 9.59 Å². The lowest BCUT2D eigenvalue weighted by Crippen LogP contribution is -2.44. The van der Waals surface area contributed by atoms with Crippen molar-refractivity contribution in [3.05, 3.63) is 11.1 Å². The number of carbonyl (C=O) groups is 2. The summed E-state index contributed by atoms with van der Waals surface area (Å²) in [6, 6.07) is -0.564. The number of esters is 1. The first-order chi connectivity index (χ1) is 8.45. The Morgan fingerprint density at radius 1 is 1.39 bits per heavy atom. The SMILES string of the molecule is COC(=O)[C@H](CC(C)C)NC(=O)C(C)=C1CNC1. The van der Waals surface area contributed by atoms with Crippen molar-refractivity contribution in [1.29, 1.82) is 0 Å². The normalized spacial score (nSPS) is 15.9. The number of amides is 1. The highest BCUT2D eigenvalue weighted by Crippen LogP contribution is 2.11. The van der Waals surface area contributed by atoms with Gasteiger partial charge in [0.05, 0.1) is 7.11 Å². The van der Waals surface area contributed by atoms with Crippen LogP contribution in [0, 0.1) is 5.92 Å². The fourth-order valence-electron chi connectivity index (χ4n) is 1.77. The quantitative estimate of drug-likeness (QED) is 0.557. The van der Waals surface area contributed by atoms with Gasteiger partial charge in [-0.15, -0.1) is 0 Å². The predicted octanol–water partition coefficient (Wildman–Crippen LogP) is 0.610. The molecule has 0 aromatic heterocycles. The number of hydrogen-bond acceptors (Lipinski definition) is 4. The largest absolute Gasteiger partial charge is 0.467 e. The summed E-state index contributed by atoms with van der Waals surface area (Å²) in [4.78, 5) is 23.6. The molecule has 102 valence electrons. The molecule has 1 saturated heterocycles. The third-order valence-corrected chi connectivity index (χ3v) is 3.05. The van der Waals surface area contributed by atoms with Gasteiger partial charge in [-0.1, -0.05) is 13.8 Å². The number of rotatable bonds is 5. The summed E-state index contributed by atoms with van der Waals surface area (Å²) in [6.07, 6.45) is 0.583. The highest BCUT2D eigenvalue weighted by molar-refractivity contribution is 5.96. The van der Waals surface area contributed by atoms with Crippen molar-refractivity contribution in [2.45, 2.75) is 33.2 Å². The molecule has 0 bridgehead atoms. The molecular weight excluding hydrogens is 232 g/mol. The second-order valence-electron chi connectivity index (χ2n) is 5.01. The number of ether oxygens (including phenoxy) is 1. The molecule has 2 N–H and O–H groups in total. The Labute approximate surface area is 108 Å². The van der Waals surface area contributed by atoms with Crippen LogP contribution in [0.1, 0.15) is 27.2 Å². The Morgan fingerprint density at radius 2 is 2.00 bits per heavy atom. The highest BCUT2D eigenvalue weighted by atomic mass is 16.5. The van der Waals surface area contributed by atoms with Crippen molar-refractivity contribution >= 4 is 11.9 Å². The zero-order valence-corrected chi connectivity index (χ0v) is 11.5. The molecular formula is C13H22N2O3. The van der Waals surface area contributed by atoms with E-state index in [0.717, 1.165) is 18.7 Å². The Morgan fingerprint density at radius 3 is 2.39 bits per heavy atom. The molecule has 0 saturated carbocycles. The minimum absolute atomic E-state index is 0.178. The molecule has 1 fully saturated rings. The molecule has 5 heteroatoms. The third-order valence-electron chi connectivity index (χ3n) is 3.05. The maximum Gasteiger partial charge on any atom is 0.328 e. The summed E-state index contributed by atoms with van der Waals surface area (Å²) in [5.41, 5.74) is 1.80. The summed E-state index contributed by atoms with van der Waals surface area (Å²) in [7, 11) is 1.34. The fourth-order valence-corrected chi connectivity index (χ4v) is 1.77. The van der Waals surface area contributed by atoms with Gasteiger partial charge in [0.1, 0.15) is 6.04 Å². The molecule has 18 heavy (non-hydrogen) atoms. The molecule has 5 nitrogen and oxygen atoms in total. The smallest absolute Gasteiger partial charge is 0.328 e. The van der Waals surface area contributed by atoms with E-state index in [2.05, 4.69) is 10.6 Å². The van der Waals surface area contributed by atoms with Crippen LogP contribution in [0.3, 0.4) is 0 Å². The zero-order chi connectivity index (χ0) is 13.7. The molecule has 1 atom stereocenters. The van der Waals surface area contributed by atoms with Crippen molar-refractivity contribution in [3.63, 3.8) is 0 Å². The van der Waals surface area contributed by atoms with E-state index in [1.165, 1.54) is 7.11 Å². The fraction of sp³-hybridized carbons (Fsp3) is 0.692. The highest BCUT2D eigenvalue weighted by Gasteiger charge is 2.24. The molecule has 0 radical (unpaired) electrons. The van der Waals surface area contributed by atoms with Gasteiger partial charge in [-0.2, -0.15) is 0 Å². The zero-order valence-electron chi connectivity index (χ0n) is 11.5. The summed E-state index contributed by atoms with van der Waals surface area (Å²) < 4.78 is 4.71. The summed E-state index contributed by atoms with van der Waals surface area (Å²) >= 11 is 0. The molecule has 0 aromatic rings. The van der Waals surface area contributed by atoms with Crippen LogP contribution in [0.15, 0.2) is 11.1 Å².